The third kappa shape index (κ3) is 5.29. The first-order valence-electron chi connectivity index (χ1n) is 9.87. The van der Waals surface area contributed by atoms with Gasteiger partial charge in [0.15, 0.2) is 5.11 Å². The van der Waals surface area contributed by atoms with E-state index in [1.807, 2.05) is 4.90 Å². The van der Waals surface area contributed by atoms with Crippen molar-refractivity contribution >= 4 is 44.7 Å². The van der Waals surface area contributed by atoms with Crippen molar-refractivity contribution in [3.05, 3.63) is 72.8 Å². The highest BCUT2D eigenvalue weighted by Crippen LogP contribution is 2.19. The average Bonchev–Trinajstić information content (AvgIpc) is 2.80. The molecule has 4 rings (SSSR count). The highest BCUT2D eigenvalue weighted by atomic mass is 32.2. The van der Waals surface area contributed by atoms with Crippen LogP contribution in [0, 0.1) is 5.82 Å². The molecule has 1 aromatic heterocycles. The summed E-state index contributed by atoms with van der Waals surface area (Å²) in [7, 11) is -3.79. The van der Waals surface area contributed by atoms with E-state index in [2.05, 4.69) is 24.9 Å². The number of nitrogens with zero attached hydrogens (tertiary/aromatic N) is 4. The van der Waals surface area contributed by atoms with Crippen molar-refractivity contribution in [3.63, 3.8) is 0 Å². The van der Waals surface area contributed by atoms with E-state index in [1.165, 1.54) is 36.7 Å². The fourth-order valence-corrected chi connectivity index (χ4v) is 4.53. The molecule has 0 atom stereocenters. The lowest BCUT2D eigenvalue weighted by Gasteiger charge is -2.37. The average molecular weight is 473 g/mol. The molecule has 2 heterocycles. The Morgan fingerprint density at radius 3 is 2.19 bits per heavy atom. The smallest absolute Gasteiger partial charge is 0.264 e. The summed E-state index contributed by atoms with van der Waals surface area (Å²) in [6, 6.07) is 14.4. The van der Waals surface area contributed by atoms with E-state index in [-0.39, 0.29) is 16.7 Å². The molecule has 32 heavy (non-hydrogen) atoms. The summed E-state index contributed by atoms with van der Waals surface area (Å²) in [5, 5.41) is 3.72. The number of benzene rings is 2. The summed E-state index contributed by atoms with van der Waals surface area (Å²) in [4.78, 5) is 12.1. The van der Waals surface area contributed by atoms with Gasteiger partial charge in [-0.3, -0.25) is 0 Å². The first-order valence-corrected chi connectivity index (χ1v) is 11.8. The van der Waals surface area contributed by atoms with Gasteiger partial charge in [0.2, 0.25) is 5.95 Å². The second kappa shape index (κ2) is 9.45. The first-order chi connectivity index (χ1) is 15.4. The van der Waals surface area contributed by atoms with Crippen molar-refractivity contribution < 1.29 is 12.8 Å². The number of halogens is 1. The number of anilines is 3. The van der Waals surface area contributed by atoms with E-state index in [0.29, 0.717) is 10.8 Å². The van der Waals surface area contributed by atoms with E-state index < -0.39 is 10.0 Å². The topological polar surface area (TPSA) is 90.5 Å². The molecule has 0 bridgehead atoms. The van der Waals surface area contributed by atoms with E-state index >= 15 is 0 Å². The Morgan fingerprint density at radius 1 is 0.938 bits per heavy atom. The summed E-state index contributed by atoms with van der Waals surface area (Å²) < 4.78 is 40.4. The quantitative estimate of drug-likeness (QED) is 0.548. The highest BCUT2D eigenvalue weighted by molar-refractivity contribution is 7.92. The minimum Gasteiger partial charge on any atom is -0.368 e. The maximum absolute atomic E-state index is 13.1. The molecule has 0 unspecified atom stereocenters. The molecular weight excluding hydrogens is 451 g/mol. The van der Waals surface area contributed by atoms with Crippen LogP contribution >= 0.6 is 12.2 Å². The minimum atomic E-state index is -3.79. The van der Waals surface area contributed by atoms with Gasteiger partial charge in [0.05, 0.1) is 4.90 Å². The van der Waals surface area contributed by atoms with Crippen LogP contribution in [0.4, 0.5) is 21.7 Å². The zero-order chi connectivity index (χ0) is 22.6. The summed E-state index contributed by atoms with van der Waals surface area (Å²) in [5.74, 6) is -0.239. The van der Waals surface area contributed by atoms with Gasteiger partial charge in [-0.05, 0) is 66.8 Å². The highest BCUT2D eigenvalue weighted by Gasteiger charge is 2.20. The lowest BCUT2D eigenvalue weighted by molar-refractivity contribution is 0.391. The third-order valence-electron chi connectivity index (χ3n) is 4.97. The van der Waals surface area contributed by atoms with Crippen molar-refractivity contribution in [2.45, 2.75) is 4.90 Å². The van der Waals surface area contributed by atoms with E-state index in [4.69, 9.17) is 12.2 Å². The molecule has 11 heteroatoms. The van der Waals surface area contributed by atoms with Gasteiger partial charge in [-0.25, -0.2) is 27.5 Å². The van der Waals surface area contributed by atoms with Crippen molar-refractivity contribution in [2.24, 2.45) is 0 Å². The lowest BCUT2D eigenvalue weighted by Crippen LogP contribution is -2.50. The number of piperazine rings is 1. The molecule has 0 radical (unpaired) electrons. The van der Waals surface area contributed by atoms with Crippen molar-refractivity contribution in [1.82, 2.24) is 14.9 Å². The Hall–Kier alpha value is -3.31. The monoisotopic (exact) mass is 472 g/mol. The summed E-state index contributed by atoms with van der Waals surface area (Å²) >= 11 is 5.52. The number of hydrogen-bond donors (Lipinski definition) is 2. The van der Waals surface area contributed by atoms with Crippen LogP contribution in [0.2, 0.25) is 0 Å². The Balaban J connectivity index is 1.32. The van der Waals surface area contributed by atoms with Crippen LogP contribution in [0.25, 0.3) is 0 Å². The van der Waals surface area contributed by atoms with Crippen molar-refractivity contribution in [2.75, 3.05) is 41.1 Å². The molecule has 166 valence electrons. The van der Waals surface area contributed by atoms with Gasteiger partial charge in [-0.2, -0.15) is 0 Å². The molecule has 2 aromatic carbocycles. The lowest BCUT2D eigenvalue weighted by atomic mass is 10.2. The molecule has 1 aliphatic heterocycles. The molecule has 2 N–H and O–H groups in total. The number of hydrogen-bond acceptors (Lipinski definition) is 6. The number of sulfonamides is 1. The standard InChI is InChI=1S/C21H21FN6O2S2/c22-16-2-6-18(7-3-16)27-12-14-28(15-13-27)21(31)25-17-4-8-19(9-5-17)32(29,30)26-20-23-10-1-11-24-20/h1-11H,12-15H2,(H,25,31)(H,23,24,26). The van der Waals surface area contributed by atoms with Crippen molar-refractivity contribution in [1.29, 1.82) is 0 Å². The van der Waals surface area contributed by atoms with Gasteiger partial charge >= 0.3 is 0 Å². The molecule has 1 fully saturated rings. The number of rotatable bonds is 5. The minimum absolute atomic E-state index is 0.00987. The number of nitrogens with one attached hydrogen (secondary N) is 2. The van der Waals surface area contributed by atoms with Crippen LogP contribution in [0.15, 0.2) is 71.9 Å². The zero-order valence-electron chi connectivity index (χ0n) is 17.0. The van der Waals surface area contributed by atoms with Crippen LogP contribution in [-0.2, 0) is 10.0 Å². The summed E-state index contributed by atoms with van der Waals surface area (Å²) in [6.45, 7) is 2.96. The summed E-state index contributed by atoms with van der Waals surface area (Å²) in [5.41, 5.74) is 1.67. The summed E-state index contributed by atoms with van der Waals surface area (Å²) in [6.07, 6.45) is 2.91. The Kier molecular flexibility index (Phi) is 6.47. The third-order valence-corrected chi connectivity index (χ3v) is 6.67. The molecule has 0 aliphatic carbocycles. The Bertz CT molecular complexity index is 1170. The first kappa shape index (κ1) is 21.9. The van der Waals surface area contributed by atoms with Crippen LogP contribution in [0.1, 0.15) is 0 Å². The van der Waals surface area contributed by atoms with Gasteiger partial charge < -0.3 is 15.1 Å². The molecule has 0 spiro atoms. The molecule has 1 aliphatic rings. The molecule has 1 saturated heterocycles. The molecule has 8 nitrogen and oxygen atoms in total. The largest absolute Gasteiger partial charge is 0.368 e. The van der Waals surface area contributed by atoms with Gasteiger partial charge in [0, 0.05) is 49.9 Å². The maximum Gasteiger partial charge on any atom is 0.264 e. The predicted octanol–water partition coefficient (Wildman–Crippen LogP) is 2.94. The fourth-order valence-electron chi connectivity index (χ4n) is 3.27. The predicted molar refractivity (Wildman–Crippen MR) is 126 cm³/mol. The fraction of sp³-hybridized carbons (Fsp3) is 0.190. The van der Waals surface area contributed by atoms with Crippen molar-refractivity contribution in [3.8, 4) is 0 Å². The number of thiocarbonyl (C=S) groups is 1. The molecule has 3 aromatic rings. The second-order valence-corrected chi connectivity index (χ2v) is 9.15. The second-order valence-electron chi connectivity index (χ2n) is 7.08. The maximum atomic E-state index is 13.1. The van der Waals surface area contributed by atoms with Crippen LogP contribution in [-0.4, -0.2) is 54.6 Å². The molecular formula is C21H21FN6O2S2. The van der Waals surface area contributed by atoms with Crippen LogP contribution < -0.4 is 14.9 Å². The van der Waals surface area contributed by atoms with Crippen LogP contribution in [0.3, 0.4) is 0 Å². The van der Waals surface area contributed by atoms with Gasteiger partial charge in [-0.15, -0.1) is 0 Å². The van der Waals surface area contributed by atoms with Crippen LogP contribution in [0.5, 0.6) is 0 Å². The van der Waals surface area contributed by atoms with E-state index in [9.17, 15) is 12.8 Å². The van der Waals surface area contributed by atoms with E-state index in [1.54, 1.807) is 30.3 Å². The SMILES string of the molecule is O=S(=O)(Nc1ncccn1)c1ccc(NC(=S)N2CCN(c3ccc(F)cc3)CC2)cc1. The van der Waals surface area contributed by atoms with E-state index in [0.717, 1.165) is 31.9 Å². The number of aromatic nitrogens is 2. The molecule has 0 amide bonds. The normalized spacial score (nSPS) is 14.2. The molecule has 0 saturated carbocycles. The van der Waals surface area contributed by atoms with Gasteiger partial charge in [0.25, 0.3) is 10.0 Å². The zero-order valence-corrected chi connectivity index (χ0v) is 18.6. The van der Waals surface area contributed by atoms with Gasteiger partial charge in [0.1, 0.15) is 5.82 Å². The Labute approximate surface area is 191 Å². The van der Waals surface area contributed by atoms with Gasteiger partial charge in [-0.1, -0.05) is 0 Å². The Morgan fingerprint density at radius 2 is 1.56 bits per heavy atom.